The maximum absolute atomic E-state index is 3.55. The molecule has 0 heterocycles. The zero-order chi connectivity index (χ0) is 14.5. The zero-order valence-electron chi connectivity index (χ0n) is 12.8. The lowest BCUT2D eigenvalue weighted by Gasteiger charge is -2.45. The summed E-state index contributed by atoms with van der Waals surface area (Å²) in [5.41, 5.74) is 1.63. The Morgan fingerprint density at radius 3 is 2.05 bits per heavy atom. The number of hydrogen-bond donors (Lipinski definition) is 1. The first-order valence-corrected chi connectivity index (χ1v) is 8.17. The minimum absolute atomic E-state index is 0.220. The molecule has 2 nitrogen and oxygen atoms in total. The highest BCUT2D eigenvalue weighted by molar-refractivity contribution is 14.1. The first-order chi connectivity index (χ1) is 9.00. The van der Waals surface area contributed by atoms with Crippen LogP contribution in [0.4, 0.5) is 0 Å². The number of hydrogen-bond acceptors (Lipinski definition) is 2. The molecular formula is C16H27IN2. The molecule has 0 amide bonds. The summed E-state index contributed by atoms with van der Waals surface area (Å²) < 4.78 is 1.30. The molecule has 1 aromatic carbocycles. The lowest BCUT2D eigenvalue weighted by molar-refractivity contribution is 0.0917. The molecule has 0 aliphatic rings. The van der Waals surface area contributed by atoms with Crippen molar-refractivity contribution in [3.8, 4) is 0 Å². The van der Waals surface area contributed by atoms with Gasteiger partial charge in [0.25, 0.3) is 0 Å². The van der Waals surface area contributed by atoms with Gasteiger partial charge >= 0.3 is 0 Å². The third kappa shape index (κ3) is 3.92. The van der Waals surface area contributed by atoms with Gasteiger partial charge in [0.1, 0.15) is 0 Å². The molecule has 0 aliphatic heterocycles. The topological polar surface area (TPSA) is 15.3 Å². The fraction of sp³-hybridized carbons (Fsp3) is 0.625. The van der Waals surface area contributed by atoms with E-state index in [1.54, 1.807) is 0 Å². The minimum atomic E-state index is 0.220. The normalized spacial score (nSPS) is 13.8. The van der Waals surface area contributed by atoms with Crippen molar-refractivity contribution in [2.24, 2.45) is 0 Å². The van der Waals surface area contributed by atoms with Crippen LogP contribution in [0.25, 0.3) is 0 Å². The van der Waals surface area contributed by atoms with E-state index >= 15 is 0 Å². The summed E-state index contributed by atoms with van der Waals surface area (Å²) in [6.45, 7) is 4.59. The lowest BCUT2D eigenvalue weighted by Crippen LogP contribution is -2.58. The highest BCUT2D eigenvalue weighted by atomic mass is 127. The van der Waals surface area contributed by atoms with Crippen LogP contribution >= 0.6 is 22.6 Å². The molecule has 0 fully saturated rings. The third-order valence-corrected chi connectivity index (χ3v) is 5.18. The van der Waals surface area contributed by atoms with E-state index in [4.69, 9.17) is 0 Å². The van der Waals surface area contributed by atoms with E-state index in [-0.39, 0.29) is 5.54 Å². The third-order valence-electron chi connectivity index (χ3n) is 4.47. The number of nitrogens with zero attached hydrogens (tertiary/aromatic N) is 1. The van der Waals surface area contributed by atoms with E-state index in [1.807, 2.05) is 0 Å². The number of likely N-dealkylation sites (N-methyl/N-ethyl adjacent to an activating group) is 2. The minimum Gasteiger partial charge on any atom is -0.315 e. The van der Waals surface area contributed by atoms with Crippen LogP contribution in [0.3, 0.4) is 0 Å². The van der Waals surface area contributed by atoms with Gasteiger partial charge in [-0.15, -0.1) is 0 Å². The second-order valence-corrected chi connectivity index (χ2v) is 6.62. The number of halogens is 1. The molecule has 1 rings (SSSR count). The molecule has 0 aliphatic carbocycles. The van der Waals surface area contributed by atoms with E-state index < -0.39 is 0 Å². The van der Waals surface area contributed by atoms with Crippen LogP contribution in [0, 0.1) is 3.57 Å². The van der Waals surface area contributed by atoms with Gasteiger partial charge in [-0.05, 0) is 80.7 Å². The Morgan fingerprint density at radius 1 is 1.16 bits per heavy atom. The first kappa shape index (κ1) is 16.9. The number of rotatable bonds is 7. The van der Waals surface area contributed by atoms with Crippen molar-refractivity contribution in [2.45, 2.75) is 44.7 Å². The van der Waals surface area contributed by atoms with Gasteiger partial charge in [-0.1, -0.05) is 26.0 Å². The molecule has 0 saturated carbocycles. The zero-order valence-corrected chi connectivity index (χ0v) is 15.0. The largest absolute Gasteiger partial charge is 0.315 e. The van der Waals surface area contributed by atoms with Gasteiger partial charge in [0.05, 0.1) is 0 Å². The second kappa shape index (κ2) is 7.60. The molecule has 0 bridgehead atoms. The van der Waals surface area contributed by atoms with Crippen LogP contribution in [0.15, 0.2) is 24.3 Å². The smallest absolute Gasteiger partial charge is 0.0354 e. The summed E-state index contributed by atoms with van der Waals surface area (Å²) in [4.78, 5) is 2.39. The van der Waals surface area contributed by atoms with Gasteiger partial charge in [-0.3, -0.25) is 0 Å². The maximum atomic E-state index is 3.55. The quantitative estimate of drug-likeness (QED) is 0.735. The maximum Gasteiger partial charge on any atom is 0.0354 e. The Balaban J connectivity index is 2.95. The molecule has 19 heavy (non-hydrogen) atoms. The summed E-state index contributed by atoms with van der Waals surface area (Å²) in [6, 6.07) is 9.35. The van der Waals surface area contributed by atoms with Crippen molar-refractivity contribution in [2.75, 3.05) is 21.1 Å². The van der Waals surface area contributed by atoms with E-state index in [0.717, 1.165) is 19.3 Å². The van der Waals surface area contributed by atoms with Gasteiger partial charge in [0.15, 0.2) is 0 Å². The molecule has 0 spiro atoms. The highest BCUT2D eigenvalue weighted by Gasteiger charge is 2.36. The van der Waals surface area contributed by atoms with Gasteiger partial charge in [0.2, 0.25) is 0 Å². The summed E-state index contributed by atoms with van der Waals surface area (Å²) in [6.07, 6.45) is 3.39. The van der Waals surface area contributed by atoms with Gasteiger partial charge in [0, 0.05) is 15.2 Å². The first-order valence-electron chi connectivity index (χ1n) is 7.09. The second-order valence-electron chi connectivity index (χ2n) is 5.38. The summed E-state index contributed by atoms with van der Waals surface area (Å²) in [5, 5.41) is 3.55. The number of nitrogens with one attached hydrogen (secondary N) is 1. The predicted octanol–water partition coefficient (Wildman–Crippen LogP) is 3.54. The Labute approximate surface area is 132 Å². The molecule has 0 radical (unpaired) electrons. The molecule has 1 unspecified atom stereocenters. The van der Waals surface area contributed by atoms with E-state index in [1.165, 1.54) is 9.13 Å². The Bertz CT molecular complexity index is 369. The Hall–Kier alpha value is -0.130. The lowest BCUT2D eigenvalue weighted by atomic mass is 9.80. The molecule has 0 saturated heterocycles. The van der Waals surface area contributed by atoms with Crippen LogP contribution in [0.5, 0.6) is 0 Å². The molecule has 1 N–H and O–H groups in total. The van der Waals surface area contributed by atoms with Crippen molar-refractivity contribution in [3.05, 3.63) is 33.4 Å². The SMILES string of the molecule is CCC(CC)(C(Cc1ccc(I)cc1)NC)N(C)C. The molecule has 108 valence electrons. The van der Waals surface area contributed by atoms with Crippen LogP contribution in [-0.2, 0) is 6.42 Å². The van der Waals surface area contributed by atoms with Crippen molar-refractivity contribution >= 4 is 22.6 Å². The summed E-state index contributed by atoms with van der Waals surface area (Å²) in [7, 11) is 6.48. The van der Waals surface area contributed by atoms with E-state index in [0.29, 0.717) is 6.04 Å². The molecular weight excluding hydrogens is 347 g/mol. The fourth-order valence-electron chi connectivity index (χ4n) is 3.10. The Morgan fingerprint density at radius 2 is 1.68 bits per heavy atom. The predicted molar refractivity (Wildman–Crippen MR) is 92.7 cm³/mol. The molecule has 1 aromatic rings. The Kier molecular flexibility index (Phi) is 6.77. The van der Waals surface area contributed by atoms with Crippen LogP contribution in [0.1, 0.15) is 32.3 Å². The highest BCUT2D eigenvalue weighted by Crippen LogP contribution is 2.28. The van der Waals surface area contributed by atoms with Crippen molar-refractivity contribution in [3.63, 3.8) is 0 Å². The van der Waals surface area contributed by atoms with Crippen molar-refractivity contribution in [1.29, 1.82) is 0 Å². The average molecular weight is 374 g/mol. The molecule has 1 atom stereocenters. The van der Waals surface area contributed by atoms with Gasteiger partial charge in [-0.2, -0.15) is 0 Å². The standard InChI is InChI=1S/C16H27IN2/c1-6-16(7-2,19(4)5)15(18-3)12-13-8-10-14(17)11-9-13/h8-11,15,18H,6-7,12H2,1-5H3. The summed E-state index contributed by atoms with van der Waals surface area (Å²) >= 11 is 2.36. The summed E-state index contributed by atoms with van der Waals surface area (Å²) in [5.74, 6) is 0. The van der Waals surface area contributed by atoms with Gasteiger partial charge < -0.3 is 10.2 Å². The number of benzene rings is 1. The van der Waals surface area contributed by atoms with Crippen LogP contribution in [-0.4, -0.2) is 37.6 Å². The van der Waals surface area contributed by atoms with Crippen LogP contribution < -0.4 is 5.32 Å². The van der Waals surface area contributed by atoms with Crippen molar-refractivity contribution in [1.82, 2.24) is 10.2 Å². The van der Waals surface area contributed by atoms with E-state index in [2.05, 4.69) is 92.1 Å². The van der Waals surface area contributed by atoms with Crippen molar-refractivity contribution < 1.29 is 0 Å². The average Bonchev–Trinajstić information content (AvgIpc) is 2.41. The molecule has 0 aromatic heterocycles. The molecule has 3 heteroatoms. The van der Waals surface area contributed by atoms with E-state index in [9.17, 15) is 0 Å². The van der Waals surface area contributed by atoms with Gasteiger partial charge in [-0.25, -0.2) is 0 Å². The van der Waals surface area contributed by atoms with Crippen LogP contribution in [0.2, 0.25) is 0 Å². The monoisotopic (exact) mass is 374 g/mol. The fourth-order valence-corrected chi connectivity index (χ4v) is 3.46.